The minimum atomic E-state index is -0.901. The van der Waals surface area contributed by atoms with Crippen molar-refractivity contribution in [3.8, 4) is 0 Å². The molecule has 0 heterocycles. The average Bonchev–Trinajstić information content (AvgIpc) is 1.82. The van der Waals surface area contributed by atoms with Gasteiger partial charge in [-0.3, -0.25) is 4.21 Å². The summed E-state index contributed by atoms with van der Waals surface area (Å²) in [6.45, 7) is 3.53. The Bertz CT molecular complexity index is 126. The van der Waals surface area contributed by atoms with Crippen LogP contribution in [0.15, 0.2) is 0 Å². The minimum absolute atomic E-state index is 0.105. The summed E-state index contributed by atoms with van der Waals surface area (Å²) < 4.78 is 11.1. The van der Waals surface area contributed by atoms with Gasteiger partial charge in [-0.05, 0) is 20.3 Å². The van der Waals surface area contributed by atoms with Crippen molar-refractivity contribution in [2.24, 2.45) is 5.73 Å². The highest BCUT2D eigenvalue weighted by atomic mass is 32.2. The molecule has 0 aliphatic carbocycles. The molecule has 0 radical (unpaired) electrons. The number of nitrogens with two attached hydrogens (primary N) is 1. The second kappa shape index (κ2) is 5.69. The smallest absolute Gasteiger partial charge is 0.0627 e. The molecule has 3 N–H and O–H groups in total. The van der Waals surface area contributed by atoms with Crippen molar-refractivity contribution in [3.05, 3.63) is 0 Å². The molecule has 0 spiro atoms. The van der Waals surface area contributed by atoms with E-state index in [1.807, 2.05) is 6.92 Å². The third kappa shape index (κ3) is 7.97. The molecule has 11 heavy (non-hydrogen) atoms. The number of aliphatic hydroxyl groups excluding tert-OH is 1. The van der Waals surface area contributed by atoms with E-state index in [0.29, 0.717) is 11.5 Å². The van der Waals surface area contributed by atoms with Gasteiger partial charge in [-0.2, -0.15) is 0 Å². The molecule has 3 nitrogen and oxygen atoms in total. The number of aliphatic hydroxyl groups is 1. The molecule has 0 amide bonds. The van der Waals surface area contributed by atoms with Crippen molar-refractivity contribution >= 4 is 10.8 Å². The van der Waals surface area contributed by atoms with Crippen LogP contribution in [0.2, 0.25) is 0 Å². The maximum Gasteiger partial charge on any atom is 0.0627 e. The van der Waals surface area contributed by atoms with Crippen LogP contribution in [0.5, 0.6) is 0 Å². The first-order valence-corrected chi connectivity index (χ1v) is 5.29. The lowest BCUT2D eigenvalue weighted by Crippen LogP contribution is -2.21. The van der Waals surface area contributed by atoms with Gasteiger partial charge in [-0.1, -0.05) is 0 Å². The van der Waals surface area contributed by atoms with Crippen LogP contribution in [-0.2, 0) is 10.8 Å². The Morgan fingerprint density at radius 2 is 2.09 bits per heavy atom. The quantitative estimate of drug-likeness (QED) is 0.617. The van der Waals surface area contributed by atoms with Gasteiger partial charge in [0.05, 0.1) is 6.10 Å². The molecule has 3 unspecified atom stereocenters. The fourth-order valence-corrected chi connectivity index (χ4v) is 2.01. The molecule has 0 aliphatic rings. The zero-order valence-corrected chi connectivity index (χ0v) is 7.93. The van der Waals surface area contributed by atoms with Gasteiger partial charge >= 0.3 is 0 Å². The normalized spacial score (nSPS) is 19.3. The van der Waals surface area contributed by atoms with Crippen molar-refractivity contribution in [2.75, 3.05) is 11.5 Å². The van der Waals surface area contributed by atoms with Gasteiger partial charge in [-0.25, -0.2) is 0 Å². The average molecular weight is 179 g/mol. The monoisotopic (exact) mass is 179 g/mol. The van der Waals surface area contributed by atoms with Crippen LogP contribution in [0, 0.1) is 0 Å². The topological polar surface area (TPSA) is 63.3 Å². The minimum Gasteiger partial charge on any atom is -0.392 e. The van der Waals surface area contributed by atoms with E-state index in [4.69, 9.17) is 10.8 Å². The molecule has 0 bridgehead atoms. The lowest BCUT2D eigenvalue weighted by atomic mass is 10.3. The zero-order valence-electron chi connectivity index (χ0n) is 7.12. The summed E-state index contributed by atoms with van der Waals surface area (Å²) in [6.07, 6.45) is 0.295. The summed E-state index contributed by atoms with van der Waals surface area (Å²) in [5.41, 5.74) is 5.47. The standard InChI is InChI=1S/C7H17NO2S/c1-6(8)3-4-11(10)5-7(2)9/h6-7,9H,3-5,8H2,1-2H3. The van der Waals surface area contributed by atoms with Crippen molar-refractivity contribution in [1.82, 2.24) is 0 Å². The molecule has 4 heteroatoms. The third-order valence-corrected chi connectivity index (χ3v) is 2.77. The molecule has 3 atom stereocenters. The molecular formula is C7H17NO2S. The Balaban J connectivity index is 3.38. The number of hydrogen-bond acceptors (Lipinski definition) is 3. The Labute approximate surface area is 70.4 Å². The predicted molar refractivity (Wildman–Crippen MR) is 47.8 cm³/mol. The van der Waals surface area contributed by atoms with Gasteiger partial charge in [-0.15, -0.1) is 0 Å². The van der Waals surface area contributed by atoms with Crippen molar-refractivity contribution in [2.45, 2.75) is 32.4 Å². The van der Waals surface area contributed by atoms with Gasteiger partial charge in [0.2, 0.25) is 0 Å². The predicted octanol–water partition coefficient (Wildman–Crippen LogP) is -0.147. The first kappa shape index (κ1) is 11.1. The summed E-state index contributed by atoms with van der Waals surface area (Å²) in [5.74, 6) is 0.968. The van der Waals surface area contributed by atoms with E-state index >= 15 is 0 Å². The van der Waals surface area contributed by atoms with Crippen molar-refractivity contribution < 1.29 is 9.32 Å². The fraction of sp³-hybridized carbons (Fsp3) is 1.00. The summed E-state index contributed by atoms with van der Waals surface area (Å²) >= 11 is 0. The first-order chi connectivity index (χ1) is 5.02. The second-order valence-electron chi connectivity index (χ2n) is 2.93. The number of hydrogen-bond donors (Lipinski definition) is 2. The van der Waals surface area contributed by atoms with Gasteiger partial charge < -0.3 is 10.8 Å². The summed E-state index contributed by atoms with van der Waals surface area (Å²) in [4.78, 5) is 0. The van der Waals surface area contributed by atoms with E-state index in [1.54, 1.807) is 6.92 Å². The molecule has 68 valence electrons. The Morgan fingerprint density at radius 3 is 2.45 bits per heavy atom. The maximum atomic E-state index is 11.1. The van der Waals surface area contributed by atoms with Gasteiger partial charge in [0.15, 0.2) is 0 Å². The SMILES string of the molecule is CC(N)CCS(=O)CC(C)O. The molecule has 0 aromatic carbocycles. The first-order valence-electron chi connectivity index (χ1n) is 3.81. The van der Waals surface area contributed by atoms with Crippen LogP contribution < -0.4 is 5.73 Å². The second-order valence-corrected chi connectivity index (χ2v) is 4.55. The summed E-state index contributed by atoms with van der Waals surface area (Å²) in [7, 11) is -0.901. The molecule has 0 fully saturated rings. The van der Waals surface area contributed by atoms with E-state index < -0.39 is 16.9 Å². The van der Waals surface area contributed by atoms with Gasteiger partial charge in [0.25, 0.3) is 0 Å². The van der Waals surface area contributed by atoms with Crippen LogP contribution in [0.3, 0.4) is 0 Å². The highest BCUT2D eigenvalue weighted by molar-refractivity contribution is 7.85. The largest absolute Gasteiger partial charge is 0.392 e. The van der Waals surface area contributed by atoms with E-state index in [-0.39, 0.29) is 6.04 Å². The molecule has 0 rings (SSSR count). The van der Waals surface area contributed by atoms with E-state index in [9.17, 15) is 4.21 Å². The van der Waals surface area contributed by atoms with Gasteiger partial charge in [0.1, 0.15) is 0 Å². The summed E-state index contributed by atoms with van der Waals surface area (Å²) in [5, 5.41) is 8.86. The Hall–Kier alpha value is 0.0700. The molecule has 0 aliphatic heterocycles. The van der Waals surface area contributed by atoms with Crippen LogP contribution in [0.1, 0.15) is 20.3 Å². The lowest BCUT2D eigenvalue weighted by molar-refractivity contribution is 0.219. The Morgan fingerprint density at radius 1 is 1.55 bits per heavy atom. The zero-order chi connectivity index (χ0) is 8.85. The third-order valence-electron chi connectivity index (χ3n) is 1.23. The molecule has 0 saturated carbocycles. The molecule has 0 saturated heterocycles. The molecule has 0 aromatic heterocycles. The van der Waals surface area contributed by atoms with E-state index in [1.165, 1.54) is 0 Å². The fourth-order valence-electron chi connectivity index (χ4n) is 0.670. The highest BCUT2D eigenvalue weighted by Crippen LogP contribution is 1.93. The van der Waals surface area contributed by atoms with Crippen molar-refractivity contribution in [3.63, 3.8) is 0 Å². The van der Waals surface area contributed by atoms with Crippen LogP contribution in [-0.4, -0.2) is 33.0 Å². The van der Waals surface area contributed by atoms with Crippen LogP contribution in [0.4, 0.5) is 0 Å². The summed E-state index contributed by atoms with van der Waals surface area (Å²) in [6, 6.07) is 0.105. The molecular weight excluding hydrogens is 162 g/mol. The molecule has 0 aromatic rings. The van der Waals surface area contributed by atoms with Crippen molar-refractivity contribution in [1.29, 1.82) is 0 Å². The van der Waals surface area contributed by atoms with Gasteiger partial charge in [0, 0.05) is 28.3 Å². The lowest BCUT2D eigenvalue weighted by Gasteiger charge is -2.06. The Kier molecular flexibility index (Phi) is 5.72. The van der Waals surface area contributed by atoms with E-state index in [0.717, 1.165) is 6.42 Å². The maximum absolute atomic E-state index is 11.1. The number of rotatable bonds is 5. The van der Waals surface area contributed by atoms with E-state index in [2.05, 4.69) is 0 Å². The van der Waals surface area contributed by atoms with Crippen LogP contribution in [0.25, 0.3) is 0 Å². The van der Waals surface area contributed by atoms with Crippen LogP contribution >= 0.6 is 0 Å². The highest BCUT2D eigenvalue weighted by Gasteiger charge is 2.04.